The highest BCUT2D eigenvalue weighted by Gasteiger charge is 2.31. The van der Waals surface area contributed by atoms with Gasteiger partial charge in [0.1, 0.15) is 11.5 Å². The van der Waals surface area contributed by atoms with Crippen LogP contribution in [0.4, 0.5) is 11.5 Å². The number of anilines is 2. The Hall–Kier alpha value is -4.09. The zero-order valence-electron chi connectivity index (χ0n) is 26.6. The Morgan fingerprint density at radius 1 is 1.05 bits per heavy atom. The van der Waals surface area contributed by atoms with Gasteiger partial charge in [-0.2, -0.15) is 0 Å². The summed E-state index contributed by atoms with van der Waals surface area (Å²) in [7, 11) is 0. The molecule has 232 valence electrons. The summed E-state index contributed by atoms with van der Waals surface area (Å²) in [5, 5.41) is 15.7. The molecule has 0 bridgehead atoms. The van der Waals surface area contributed by atoms with Crippen LogP contribution in [-0.2, 0) is 5.41 Å². The van der Waals surface area contributed by atoms with Gasteiger partial charge in [0.25, 0.3) is 5.91 Å². The van der Waals surface area contributed by atoms with Crippen LogP contribution in [0.5, 0.6) is 0 Å². The number of piperazine rings is 1. The molecule has 11 nitrogen and oxygen atoms in total. The van der Waals surface area contributed by atoms with Gasteiger partial charge in [-0.15, -0.1) is 5.10 Å². The molecule has 6 rings (SSSR count). The summed E-state index contributed by atoms with van der Waals surface area (Å²) in [5.74, 6) is 0.814. The van der Waals surface area contributed by atoms with Gasteiger partial charge < -0.3 is 14.7 Å². The number of carbonyl (C=O) groups is 1. The van der Waals surface area contributed by atoms with Crippen LogP contribution >= 0.6 is 0 Å². The minimum absolute atomic E-state index is 0.201. The molecule has 1 unspecified atom stereocenters. The van der Waals surface area contributed by atoms with Crippen molar-refractivity contribution in [3.05, 3.63) is 65.8 Å². The molecule has 44 heavy (non-hydrogen) atoms. The molecule has 2 saturated heterocycles. The average molecular weight is 598 g/mol. The summed E-state index contributed by atoms with van der Waals surface area (Å²) in [5.41, 5.74) is 4.78. The monoisotopic (exact) mass is 597 g/mol. The lowest BCUT2D eigenvalue weighted by Gasteiger charge is -2.39. The first-order valence-corrected chi connectivity index (χ1v) is 15.6. The van der Waals surface area contributed by atoms with Crippen molar-refractivity contribution in [3.63, 3.8) is 0 Å². The highest BCUT2D eigenvalue weighted by Crippen LogP contribution is 2.28. The van der Waals surface area contributed by atoms with Crippen molar-refractivity contribution in [2.45, 2.75) is 65.5 Å². The zero-order valence-corrected chi connectivity index (χ0v) is 26.6. The Bertz CT molecular complexity index is 1610. The van der Waals surface area contributed by atoms with Crippen LogP contribution in [0.3, 0.4) is 0 Å². The Morgan fingerprint density at radius 3 is 2.57 bits per heavy atom. The van der Waals surface area contributed by atoms with Crippen LogP contribution < -0.4 is 10.2 Å². The summed E-state index contributed by atoms with van der Waals surface area (Å²) >= 11 is 0. The fraction of sp³-hybridized carbons (Fsp3) is 0.485. The number of aryl methyl sites for hydroxylation is 1. The molecule has 2 fully saturated rings. The number of aromatic nitrogens is 5. The van der Waals surface area contributed by atoms with E-state index in [0.717, 1.165) is 67.5 Å². The number of carbonyl (C=O) groups excluding carboxylic acids is 1. The average Bonchev–Trinajstić information content (AvgIpc) is 3.79. The van der Waals surface area contributed by atoms with Gasteiger partial charge in [-0.3, -0.25) is 19.6 Å². The molecule has 5 heterocycles. The van der Waals surface area contributed by atoms with E-state index in [4.69, 9.17) is 4.52 Å². The summed E-state index contributed by atoms with van der Waals surface area (Å²) < 4.78 is 7.12. The minimum atomic E-state index is -0.275. The van der Waals surface area contributed by atoms with E-state index in [-0.39, 0.29) is 11.3 Å². The van der Waals surface area contributed by atoms with Gasteiger partial charge in [-0.05, 0) is 51.0 Å². The van der Waals surface area contributed by atoms with Crippen molar-refractivity contribution in [1.29, 1.82) is 0 Å². The van der Waals surface area contributed by atoms with Crippen molar-refractivity contribution in [2.75, 3.05) is 49.5 Å². The molecule has 4 aromatic rings. The number of nitrogens with zero attached hydrogens (tertiary/aromatic N) is 8. The number of benzene rings is 1. The first kappa shape index (κ1) is 30.0. The standard InChI is InChI=1S/C33H43N9O2/c1-22(2)39-11-13-40(14-12-39)26-9-10-41(20-26)27-15-25(18-34-19-27)28-21-42(38-36-28)29-16-24(8-7-23(29)3)32(43)35-31-17-30(44-37-31)33(4,5)6/h7-8,15-19,21-22,26H,9-14,20H2,1-6H3,(H,35,37,43). The van der Waals surface area contributed by atoms with Crippen LogP contribution in [0.15, 0.2) is 53.4 Å². The maximum Gasteiger partial charge on any atom is 0.256 e. The van der Waals surface area contributed by atoms with Gasteiger partial charge in [0.2, 0.25) is 0 Å². The topological polar surface area (TPSA) is 108 Å². The molecule has 1 aromatic carbocycles. The van der Waals surface area contributed by atoms with Gasteiger partial charge in [-0.25, -0.2) is 4.68 Å². The zero-order chi connectivity index (χ0) is 31.0. The highest BCUT2D eigenvalue weighted by molar-refractivity contribution is 6.04. The van der Waals surface area contributed by atoms with Crippen LogP contribution in [-0.4, -0.2) is 92.2 Å². The molecule has 1 amide bonds. The number of amides is 1. The molecular formula is C33H43N9O2. The fourth-order valence-electron chi connectivity index (χ4n) is 6.02. The molecule has 2 aliphatic rings. The second-order valence-corrected chi connectivity index (χ2v) is 13.3. The van der Waals surface area contributed by atoms with Crippen LogP contribution in [0.1, 0.15) is 62.7 Å². The van der Waals surface area contributed by atoms with Gasteiger partial charge >= 0.3 is 0 Å². The van der Waals surface area contributed by atoms with E-state index in [1.807, 2.05) is 58.4 Å². The summed E-state index contributed by atoms with van der Waals surface area (Å²) in [6, 6.07) is 10.6. The number of pyridine rings is 1. The molecule has 1 atom stereocenters. The van der Waals surface area contributed by atoms with E-state index < -0.39 is 0 Å². The van der Waals surface area contributed by atoms with E-state index in [1.54, 1.807) is 16.8 Å². The molecule has 11 heteroatoms. The molecule has 0 radical (unpaired) electrons. The van der Waals surface area contributed by atoms with Crippen LogP contribution in [0.2, 0.25) is 0 Å². The molecule has 0 aliphatic carbocycles. The second-order valence-electron chi connectivity index (χ2n) is 13.3. The van der Waals surface area contributed by atoms with Crippen LogP contribution in [0.25, 0.3) is 16.9 Å². The van der Waals surface area contributed by atoms with E-state index in [0.29, 0.717) is 29.2 Å². The maximum atomic E-state index is 13.1. The molecule has 1 N–H and O–H groups in total. The van der Waals surface area contributed by atoms with Gasteiger partial charge in [0.05, 0.1) is 23.8 Å². The quantitative estimate of drug-likeness (QED) is 0.322. The lowest BCUT2D eigenvalue weighted by molar-refractivity contribution is 0.0842. The Kier molecular flexibility index (Phi) is 8.26. The third-order valence-electron chi connectivity index (χ3n) is 8.85. The molecule has 2 aliphatic heterocycles. The second kappa shape index (κ2) is 12.1. The Morgan fingerprint density at radius 2 is 1.84 bits per heavy atom. The van der Waals surface area contributed by atoms with Gasteiger partial charge in [0, 0.05) is 80.2 Å². The van der Waals surface area contributed by atoms with E-state index in [1.165, 1.54) is 6.42 Å². The molecule has 3 aromatic heterocycles. The van der Waals surface area contributed by atoms with Crippen LogP contribution in [0, 0.1) is 6.92 Å². The van der Waals surface area contributed by atoms with Crippen molar-refractivity contribution < 1.29 is 9.32 Å². The lowest BCUT2D eigenvalue weighted by Crippen LogP contribution is -2.52. The van der Waals surface area contributed by atoms with E-state index in [9.17, 15) is 4.79 Å². The fourth-order valence-corrected chi connectivity index (χ4v) is 6.02. The minimum Gasteiger partial charge on any atom is -0.369 e. The van der Waals surface area contributed by atoms with Crippen molar-refractivity contribution in [1.82, 2.24) is 34.9 Å². The first-order valence-electron chi connectivity index (χ1n) is 15.6. The number of hydrogen-bond acceptors (Lipinski definition) is 9. The predicted octanol–water partition coefficient (Wildman–Crippen LogP) is 4.78. The predicted molar refractivity (Wildman–Crippen MR) is 171 cm³/mol. The van der Waals surface area contributed by atoms with Crippen molar-refractivity contribution in [2.24, 2.45) is 0 Å². The smallest absolute Gasteiger partial charge is 0.256 e. The Balaban J connectivity index is 1.13. The van der Waals surface area contributed by atoms with Gasteiger partial charge in [-0.1, -0.05) is 37.2 Å². The Labute approximate surface area is 259 Å². The number of nitrogens with one attached hydrogen (secondary N) is 1. The third kappa shape index (κ3) is 6.39. The van der Waals surface area contributed by atoms with E-state index >= 15 is 0 Å². The number of rotatable bonds is 7. The summed E-state index contributed by atoms with van der Waals surface area (Å²) in [4.78, 5) is 25.3. The van der Waals surface area contributed by atoms with Crippen molar-refractivity contribution in [3.8, 4) is 16.9 Å². The van der Waals surface area contributed by atoms with Crippen molar-refractivity contribution >= 4 is 17.4 Å². The maximum absolute atomic E-state index is 13.1. The number of hydrogen-bond donors (Lipinski definition) is 1. The largest absolute Gasteiger partial charge is 0.369 e. The normalized spacial score (nSPS) is 18.3. The molecule has 0 saturated carbocycles. The van der Waals surface area contributed by atoms with E-state index in [2.05, 4.69) is 60.4 Å². The SMILES string of the molecule is Cc1ccc(C(=O)Nc2cc(C(C)(C)C)on2)cc1-n1cc(-c2cncc(N3CCC(N4CCN(C(C)C)CC4)C3)c2)nn1. The molecule has 0 spiro atoms. The first-order chi connectivity index (χ1) is 21.0. The van der Waals surface area contributed by atoms with Gasteiger partial charge in [0.15, 0.2) is 5.82 Å². The summed E-state index contributed by atoms with van der Waals surface area (Å²) in [6.45, 7) is 19.2. The summed E-state index contributed by atoms with van der Waals surface area (Å²) in [6.07, 6.45) is 6.83. The lowest BCUT2D eigenvalue weighted by atomic mass is 9.93. The third-order valence-corrected chi connectivity index (χ3v) is 8.85. The highest BCUT2D eigenvalue weighted by atomic mass is 16.5. The molecular weight excluding hydrogens is 554 g/mol.